The predicted octanol–water partition coefficient (Wildman–Crippen LogP) is 1.55. The summed E-state index contributed by atoms with van der Waals surface area (Å²) in [6.07, 6.45) is 0. The van der Waals surface area contributed by atoms with E-state index in [-0.39, 0.29) is 4.32 Å². The summed E-state index contributed by atoms with van der Waals surface area (Å²) >= 11 is 14.4. The molecular weight excluding hydrogens is 249 g/mol. The Morgan fingerprint density at radius 2 is 1.91 bits per heavy atom. The summed E-state index contributed by atoms with van der Waals surface area (Å²) in [6, 6.07) is 0. The van der Waals surface area contributed by atoms with E-state index in [0.717, 1.165) is 0 Å². The monoisotopic (exact) mass is 253 g/mol. The highest BCUT2D eigenvalue weighted by atomic mass is 32.1. The zero-order valence-corrected chi connectivity index (χ0v) is 9.22. The summed E-state index contributed by atoms with van der Waals surface area (Å²) in [5.41, 5.74) is 1.97. The van der Waals surface area contributed by atoms with Gasteiger partial charge in [-0.05, 0) is 25.8 Å². The number of nitrogens with one attached hydrogen (secondary N) is 1. The van der Waals surface area contributed by atoms with Crippen molar-refractivity contribution in [1.82, 2.24) is 5.48 Å². The summed E-state index contributed by atoms with van der Waals surface area (Å²) < 4.78 is 23.2. The van der Waals surface area contributed by atoms with Crippen LogP contribution in [0.25, 0.3) is 0 Å². The molecule has 0 radical (unpaired) electrons. The van der Waals surface area contributed by atoms with Crippen LogP contribution in [-0.2, 0) is 17.1 Å². The number of phosphoric acid groups is 1. The number of hydroxylamine groups is 1. The van der Waals surface area contributed by atoms with E-state index < -0.39 is 7.82 Å². The van der Waals surface area contributed by atoms with Crippen molar-refractivity contribution in [3.05, 3.63) is 0 Å². The molecule has 0 heterocycles. The molecule has 0 unspecified atom stereocenters. The molecule has 0 saturated carbocycles. The Labute approximate surface area is 85.4 Å². The summed E-state index contributed by atoms with van der Waals surface area (Å²) in [5, 5.41) is 0. The van der Waals surface area contributed by atoms with Crippen LogP contribution in [0.2, 0.25) is 0 Å². The van der Waals surface area contributed by atoms with Gasteiger partial charge in [0.25, 0.3) is 0 Å². The number of hydrogen-bond donors (Lipinski definition) is 4. The van der Waals surface area contributed by atoms with Crippen LogP contribution < -0.4 is 5.48 Å². The highest BCUT2D eigenvalue weighted by molar-refractivity contribution is 8.11. The fourth-order valence-corrected chi connectivity index (χ4v) is 1.22. The summed E-state index contributed by atoms with van der Waals surface area (Å²) in [4.78, 5) is 0. The lowest BCUT2D eigenvalue weighted by Crippen LogP contribution is -2.15. The van der Waals surface area contributed by atoms with Gasteiger partial charge in [-0.25, -0.2) is 18.0 Å². The van der Waals surface area contributed by atoms with Crippen molar-refractivity contribution in [1.29, 1.82) is 0 Å². The van der Waals surface area contributed by atoms with Crippen molar-refractivity contribution in [2.24, 2.45) is 0 Å². The van der Waals surface area contributed by atoms with Crippen molar-refractivity contribution in [2.75, 3.05) is 0 Å². The Balaban J connectivity index is 3.89. The van der Waals surface area contributed by atoms with Crippen LogP contribution >= 0.6 is 58.5 Å². The highest BCUT2D eigenvalue weighted by Gasteiger charge is 2.25. The first-order valence-corrected chi connectivity index (χ1v) is 5.02. The van der Waals surface area contributed by atoms with E-state index in [1.54, 1.807) is 0 Å². The Morgan fingerprint density at radius 3 is 2.18 bits per heavy atom. The molecule has 0 fully saturated rings. The molecule has 10 heteroatoms. The van der Waals surface area contributed by atoms with Gasteiger partial charge in [0.2, 0.25) is 0 Å². The summed E-state index contributed by atoms with van der Waals surface area (Å²) in [6.45, 7) is 0. The normalized spacial score (nSPS) is 11.2. The van der Waals surface area contributed by atoms with Crippen molar-refractivity contribution < 1.29 is 17.1 Å². The van der Waals surface area contributed by atoms with Gasteiger partial charge in [0.15, 0.2) is 4.32 Å². The zero-order chi connectivity index (χ0) is 8.91. The predicted molar refractivity (Wildman–Crippen MR) is 53.6 cm³/mol. The number of thiol groups is 3. The van der Waals surface area contributed by atoms with Gasteiger partial charge in [0, 0.05) is 0 Å². The van der Waals surface area contributed by atoms with Crippen LogP contribution in [-0.4, -0.2) is 4.32 Å². The minimum Gasteiger partial charge on any atom is -0.239 e. The molecule has 0 aromatic heterocycles. The van der Waals surface area contributed by atoms with Crippen molar-refractivity contribution in [3.63, 3.8) is 0 Å². The minimum atomic E-state index is -3.75. The molecule has 11 heavy (non-hydrogen) atoms. The maximum atomic E-state index is 10.9. The SMILES string of the molecule is O=P(OS)(OS)ONC(=S)S. The topological polar surface area (TPSA) is 56.8 Å². The van der Waals surface area contributed by atoms with E-state index >= 15 is 0 Å². The number of rotatable bonds is 4. The van der Waals surface area contributed by atoms with Crippen LogP contribution in [0.1, 0.15) is 0 Å². The third kappa shape index (κ3) is 5.31. The third-order valence-corrected chi connectivity index (χ3v) is 2.53. The molecule has 0 aliphatic heterocycles. The lowest BCUT2D eigenvalue weighted by atomic mass is 11.5. The Hall–Kier alpha value is 1.05. The maximum Gasteiger partial charge on any atom is 0.518 e. The quantitative estimate of drug-likeness (QED) is 0.200. The molecule has 0 atom stereocenters. The Morgan fingerprint density at radius 1 is 1.45 bits per heavy atom. The fraction of sp³-hybridized carbons (Fsp3) is 0. The van der Waals surface area contributed by atoms with Gasteiger partial charge < -0.3 is 0 Å². The second-order valence-corrected chi connectivity index (χ2v) is 4.65. The molecule has 1 N–H and O–H groups in total. The lowest BCUT2D eigenvalue weighted by molar-refractivity contribution is 0.194. The summed E-state index contributed by atoms with van der Waals surface area (Å²) in [5.74, 6) is 0. The molecule has 66 valence electrons. The van der Waals surface area contributed by atoms with E-state index in [9.17, 15) is 4.57 Å². The molecule has 0 rings (SSSR count). The molecule has 5 nitrogen and oxygen atoms in total. The standard InChI is InChI=1S/CH4NO4PS4/c3-7(5-10,6-11)4-2-1(8)9/h10-11H,(H2,2,8,9). The molecule has 0 aliphatic carbocycles. The largest absolute Gasteiger partial charge is 0.518 e. The van der Waals surface area contributed by atoms with Crippen molar-refractivity contribution in [3.8, 4) is 0 Å². The van der Waals surface area contributed by atoms with Crippen LogP contribution in [0.15, 0.2) is 0 Å². The lowest BCUT2D eigenvalue weighted by Gasteiger charge is -2.09. The average Bonchev–Trinajstić information content (AvgIpc) is 2.00. The van der Waals surface area contributed by atoms with E-state index in [1.165, 1.54) is 0 Å². The molecule has 0 amide bonds. The molecule has 0 bridgehead atoms. The molecule has 0 aromatic carbocycles. The highest BCUT2D eigenvalue weighted by Crippen LogP contribution is 2.50. The minimum absolute atomic E-state index is 0.0269. The van der Waals surface area contributed by atoms with Gasteiger partial charge in [-0.2, -0.15) is 4.62 Å². The van der Waals surface area contributed by atoms with Crippen LogP contribution in [0, 0.1) is 0 Å². The second-order valence-electron chi connectivity index (χ2n) is 1.11. The van der Waals surface area contributed by atoms with Crippen LogP contribution in [0.5, 0.6) is 0 Å². The van der Waals surface area contributed by atoms with Gasteiger partial charge >= 0.3 is 7.82 Å². The van der Waals surface area contributed by atoms with E-state index in [2.05, 4.69) is 63.2 Å². The Bertz CT molecular complexity index is 177. The van der Waals surface area contributed by atoms with E-state index in [0.29, 0.717) is 0 Å². The van der Waals surface area contributed by atoms with Crippen LogP contribution in [0.4, 0.5) is 0 Å². The van der Waals surface area contributed by atoms with Crippen LogP contribution in [0.3, 0.4) is 0 Å². The van der Waals surface area contributed by atoms with E-state index in [1.807, 2.05) is 5.48 Å². The van der Waals surface area contributed by atoms with Gasteiger partial charge in [-0.1, -0.05) is 12.2 Å². The molecule has 0 aliphatic rings. The molecule has 0 saturated heterocycles. The van der Waals surface area contributed by atoms with Gasteiger partial charge in [-0.3, -0.25) is 0 Å². The van der Waals surface area contributed by atoms with Gasteiger partial charge in [0.05, 0.1) is 0 Å². The first-order valence-electron chi connectivity index (χ1n) is 1.98. The molecular formula is CH4NO4PS4. The fourth-order valence-electron chi connectivity index (χ4n) is 0.143. The van der Waals surface area contributed by atoms with E-state index in [4.69, 9.17) is 0 Å². The molecule has 0 spiro atoms. The second kappa shape index (κ2) is 5.65. The Kier molecular flexibility index (Phi) is 6.19. The molecule has 0 aromatic rings. The van der Waals surface area contributed by atoms with Crippen molar-refractivity contribution >= 4 is 62.8 Å². The first-order chi connectivity index (χ1) is 5.04. The van der Waals surface area contributed by atoms with Crippen molar-refractivity contribution in [2.45, 2.75) is 0 Å². The smallest absolute Gasteiger partial charge is 0.239 e. The summed E-state index contributed by atoms with van der Waals surface area (Å²) in [7, 11) is -3.75. The maximum absolute atomic E-state index is 10.9. The van der Waals surface area contributed by atoms with Gasteiger partial charge in [0.1, 0.15) is 0 Å². The average molecular weight is 253 g/mol. The first kappa shape index (κ1) is 12.0. The number of thiocarbonyl (C=S) groups is 1. The third-order valence-electron chi connectivity index (χ3n) is 0.445. The number of hydrogen-bond acceptors (Lipinski definition) is 7. The zero-order valence-electron chi connectivity index (χ0n) is 4.83. The van der Waals surface area contributed by atoms with Gasteiger partial charge in [-0.15, -0.1) is 12.6 Å².